The van der Waals surface area contributed by atoms with Crippen molar-refractivity contribution in [1.82, 2.24) is 0 Å². The molecule has 2 nitrogen and oxygen atoms in total. The van der Waals surface area contributed by atoms with Crippen molar-refractivity contribution in [3.63, 3.8) is 0 Å². The minimum atomic E-state index is -0.0276. The summed E-state index contributed by atoms with van der Waals surface area (Å²) in [6, 6.07) is 0. The summed E-state index contributed by atoms with van der Waals surface area (Å²) >= 11 is 0. The van der Waals surface area contributed by atoms with Crippen LogP contribution in [0.1, 0.15) is 33.6 Å². The molecule has 0 aromatic carbocycles. The fraction of sp³-hybridized carbons (Fsp3) is 1.00. The fourth-order valence-electron chi connectivity index (χ4n) is 2.88. The van der Waals surface area contributed by atoms with E-state index in [-0.39, 0.29) is 7.12 Å². The van der Waals surface area contributed by atoms with Crippen LogP contribution in [0.5, 0.6) is 0 Å². The van der Waals surface area contributed by atoms with Gasteiger partial charge in [0.1, 0.15) is 0 Å². The Bertz CT molecular complexity index is 217. The molecule has 2 saturated heterocycles. The zero-order valence-electron chi connectivity index (χ0n) is 9.75. The van der Waals surface area contributed by atoms with Crippen molar-refractivity contribution in [3.8, 4) is 0 Å². The van der Waals surface area contributed by atoms with Gasteiger partial charge >= 0.3 is 7.12 Å². The molecule has 2 heterocycles. The number of fused-ring (bicyclic) bond motifs is 5. The molecule has 2 bridgehead atoms. The highest BCUT2D eigenvalue weighted by Gasteiger charge is 2.49. The summed E-state index contributed by atoms with van der Waals surface area (Å²) in [5.41, 5.74) is 0.460. The lowest BCUT2D eigenvalue weighted by Gasteiger charge is -2.52. The summed E-state index contributed by atoms with van der Waals surface area (Å²) in [5.74, 6) is 1.57. The van der Waals surface area contributed by atoms with Crippen LogP contribution in [0.4, 0.5) is 0 Å². The third-order valence-electron chi connectivity index (χ3n) is 4.25. The molecule has 3 fully saturated rings. The Kier molecular flexibility index (Phi) is 2.65. The molecule has 0 radical (unpaired) electrons. The molecule has 0 unspecified atom stereocenters. The van der Waals surface area contributed by atoms with E-state index in [1.807, 2.05) is 6.82 Å². The first-order chi connectivity index (χ1) is 6.50. The van der Waals surface area contributed by atoms with Crippen LogP contribution in [0.15, 0.2) is 0 Å². The first kappa shape index (κ1) is 10.5. The molecule has 0 N–H and O–H groups in total. The molecule has 80 valence electrons. The summed E-state index contributed by atoms with van der Waals surface area (Å²) in [6.07, 6.45) is 2.86. The lowest BCUT2D eigenvalue weighted by atomic mass is 9.54. The molecule has 0 spiro atoms. The lowest BCUT2D eigenvalue weighted by molar-refractivity contribution is -0.0509. The van der Waals surface area contributed by atoms with Crippen molar-refractivity contribution in [3.05, 3.63) is 0 Å². The molecular formula is C11H21BO2. The molecule has 3 aliphatic rings. The van der Waals surface area contributed by atoms with E-state index in [0.29, 0.717) is 11.5 Å². The Morgan fingerprint density at radius 1 is 1.21 bits per heavy atom. The predicted molar refractivity (Wildman–Crippen MR) is 58.1 cm³/mol. The van der Waals surface area contributed by atoms with Gasteiger partial charge in [-0.05, 0) is 43.8 Å². The number of hydrogen-bond donors (Lipinski definition) is 0. The van der Waals surface area contributed by atoms with Crippen LogP contribution in [0.2, 0.25) is 6.82 Å². The number of rotatable bonds is 0. The maximum atomic E-state index is 5.74. The van der Waals surface area contributed by atoms with E-state index in [2.05, 4.69) is 20.8 Å². The average molecular weight is 196 g/mol. The third kappa shape index (κ3) is 1.72. The highest BCUT2D eigenvalue weighted by atomic mass is 16.6. The Morgan fingerprint density at radius 2 is 1.93 bits per heavy atom. The van der Waals surface area contributed by atoms with Crippen LogP contribution in [0, 0.1) is 17.3 Å². The van der Waals surface area contributed by atoms with Gasteiger partial charge in [-0.15, -0.1) is 0 Å². The number of hydrogen-bond acceptors (Lipinski definition) is 2. The van der Waals surface area contributed by atoms with Crippen LogP contribution >= 0.6 is 0 Å². The molecule has 2 aliphatic heterocycles. The summed E-state index contributed by atoms with van der Waals surface area (Å²) in [5, 5.41) is 0. The topological polar surface area (TPSA) is 18.5 Å². The first-order valence-electron chi connectivity index (χ1n) is 5.77. The Labute approximate surface area is 87.5 Å². The second-order valence-corrected chi connectivity index (χ2v) is 5.53. The summed E-state index contributed by atoms with van der Waals surface area (Å²) in [6.45, 7) is 9.79. The maximum absolute atomic E-state index is 5.74. The monoisotopic (exact) mass is 196 g/mol. The van der Waals surface area contributed by atoms with Gasteiger partial charge in [-0.1, -0.05) is 13.8 Å². The zero-order valence-corrected chi connectivity index (χ0v) is 9.75. The van der Waals surface area contributed by atoms with E-state index in [4.69, 9.17) is 9.31 Å². The summed E-state index contributed by atoms with van der Waals surface area (Å²) in [4.78, 5) is 0. The van der Waals surface area contributed by atoms with Crippen LogP contribution in [0.3, 0.4) is 0 Å². The molecule has 3 heteroatoms. The van der Waals surface area contributed by atoms with E-state index < -0.39 is 0 Å². The highest BCUT2D eigenvalue weighted by molar-refractivity contribution is 6.42. The van der Waals surface area contributed by atoms with Gasteiger partial charge in [-0.2, -0.15) is 0 Å². The van der Waals surface area contributed by atoms with E-state index in [1.54, 1.807) is 0 Å². The van der Waals surface area contributed by atoms with Gasteiger partial charge in [0.25, 0.3) is 0 Å². The van der Waals surface area contributed by atoms with Gasteiger partial charge in [-0.3, -0.25) is 0 Å². The smallest absolute Gasteiger partial charge is 0.411 e. The molecular weight excluding hydrogens is 175 g/mol. The van der Waals surface area contributed by atoms with Crippen LogP contribution in [-0.4, -0.2) is 19.8 Å². The molecule has 3 rings (SSSR count). The predicted octanol–water partition coefficient (Wildman–Crippen LogP) is 2.59. The van der Waals surface area contributed by atoms with Crippen molar-refractivity contribution >= 4 is 7.12 Å². The maximum Gasteiger partial charge on any atom is 0.453 e. The third-order valence-corrected chi connectivity index (χ3v) is 4.25. The second kappa shape index (κ2) is 3.53. The fourth-order valence-corrected chi connectivity index (χ4v) is 2.88. The lowest BCUT2D eigenvalue weighted by Crippen LogP contribution is -2.47. The quantitative estimate of drug-likeness (QED) is 0.554. The molecule has 0 aromatic heterocycles. The minimum absolute atomic E-state index is 0.0276. The van der Waals surface area contributed by atoms with Gasteiger partial charge in [0, 0.05) is 12.7 Å². The normalized spacial score (nSPS) is 42.0. The molecule has 0 amide bonds. The Balaban J connectivity index is 2.06. The van der Waals surface area contributed by atoms with Gasteiger partial charge in [0.05, 0.1) is 0 Å². The molecule has 1 saturated carbocycles. The largest absolute Gasteiger partial charge is 0.453 e. The minimum Gasteiger partial charge on any atom is -0.411 e. The van der Waals surface area contributed by atoms with Crippen molar-refractivity contribution in [1.29, 1.82) is 0 Å². The summed E-state index contributed by atoms with van der Waals surface area (Å²) < 4.78 is 11.4. The van der Waals surface area contributed by atoms with Crippen LogP contribution < -0.4 is 0 Å². The van der Waals surface area contributed by atoms with Gasteiger partial charge in [0.2, 0.25) is 0 Å². The highest BCUT2D eigenvalue weighted by Crippen LogP contribution is 2.53. The molecule has 1 aliphatic carbocycles. The van der Waals surface area contributed by atoms with Crippen molar-refractivity contribution in [2.24, 2.45) is 17.3 Å². The Morgan fingerprint density at radius 3 is 2.57 bits per heavy atom. The molecule has 3 atom stereocenters. The van der Waals surface area contributed by atoms with E-state index in [9.17, 15) is 0 Å². The average Bonchev–Trinajstić information content (AvgIpc) is 2.17. The van der Waals surface area contributed by atoms with Crippen LogP contribution in [-0.2, 0) is 9.31 Å². The molecule has 0 aromatic rings. The SMILES string of the molecule is CB1OC[C@H]2C[C@@H](C[C@@H](C)O1)C2(C)C. The van der Waals surface area contributed by atoms with Crippen LogP contribution in [0.25, 0.3) is 0 Å². The summed E-state index contributed by atoms with van der Waals surface area (Å²) in [7, 11) is -0.0276. The van der Waals surface area contributed by atoms with Gasteiger partial charge in [-0.25, -0.2) is 0 Å². The second-order valence-electron chi connectivity index (χ2n) is 5.53. The van der Waals surface area contributed by atoms with Gasteiger partial charge < -0.3 is 9.31 Å². The first-order valence-corrected chi connectivity index (χ1v) is 5.77. The standard InChI is InChI=1S/C11H21BO2/c1-8-5-9-6-10(11(9,2)3)7-13-12(4)14-8/h8-10H,5-7H2,1-4H3/t8-,9-,10-/m1/s1. The van der Waals surface area contributed by atoms with Crippen molar-refractivity contribution < 1.29 is 9.31 Å². The van der Waals surface area contributed by atoms with E-state index in [0.717, 1.165) is 18.4 Å². The van der Waals surface area contributed by atoms with E-state index in [1.165, 1.54) is 12.8 Å². The van der Waals surface area contributed by atoms with Gasteiger partial charge in [0.15, 0.2) is 0 Å². The zero-order chi connectivity index (χ0) is 10.3. The van der Waals surface area contributed by atoms with E-state index >= 15 is 0 Å². The van der Waals surface area contributed by atoms with Crippen molar-refractivity contribution in [2.75, 3.05) is 6.61 Å². The Hall–Kier alpha value is -0.0151. The van der Waals surface area contributed by atoms with Crippen molar-refractivity contribution in [2.45, 2.75) is 46.5 Å². The molecule has 14 heavy (non-hydrogen) atoms.